The molecule has 0 unspecified atom stereocenters. The van der Waals surface area contributed by atoms with Gasteiger partial charge in [0.25, 0.3) is 5.91 Å². The lowest BCUT2D eigenvalue weighted by molar-refractivity contribution is -0.138. The van der Waals surface area contributed by atoms with E-state index in [0.717, 1.165) is 12.5 Å². The number of nitrogens with one attached hydrogen (secondary N) is 1. The van der Waals surface area contributed by atoms with Crippen LogP contribution >= 0.6 is 0 Å². The van der Waals surface area contributed by atoms with Crippen molar-refractivity contribution in [3.05, 3.63) is 59.0 Å². The number of aryl methyl sites for hydroxylation is 1. The number of halogens is 3. The number of carbonyl (C=O) groups excluding carboxylic acids is 1. The molecule has 2 heterocycles. The number of hydrogen-bond acceptors (Lipinski definition) is 5. The van der Waals surface area contributed by atoms with E-state index in [4.69, 9.17) is 5.73 Å². The van der Waals surface area contributed by atoms with Gasteiger partial charge in [-0.2, -0.15) is 13.2 Å². The molecule has 1 atom stereocenters. The van der Waals surface area contributed by atoms with Crippen molar-refractivity contribution in [3.8, 4) is 0 Å². The fraction of sp³-hybridized carbons (Fsp3) is 0.300. The van der Waals surface area contributed by atoms with Crippen LogP contribution < -0.4 is 11.1 Å². The first-order valence-corrected chi connectivity index (χ1v) is 9.06. The Hall–Kier alpha value is -3.23. The Bertz CT molecular complexity index is 1050. The average Bonchev–Trinajstić information content (AvgIpc) is 2.67. The Morgan fingerprint density at radius 3 is 2.59 bits per heavy atom. The minimum Gasteiger partial charge on any atom is -0.366 e. The fourth-order valence-corrected chi connectivity index (χ4v) is 3.21. The molecule has 3 N–H and O–H groups in total. The van der Waals surface area contributed by atoms with Crippen LogP contribution in [0.4, 0.5) is 19.0 Å². The maximum absolute atomic E-state index is 13.3. The van der Waals surface area contributed by atoms with Crippen LogP contribution in [0.2, 0.25) is 0 Å². The number of benzene rings is 1. The summed E-state index contributed by atoms with van der Waals surface area (Å²) >= 11 is 0. The second kappa shape index (κ2) is 8.02. The second-order valence-electron chi connectivity index (χ2n) is 6.70. The smallest absolute Gasteiger partial charge is 0.366 e. The summed E-state index contributed by atoms with van der Waals surface area (Å²) in [5.74, 6) is -0.328. The number of carbonyl (C=O) groups is 1. The van der Waals surface area contributed by atoms with Gasteiger partial charge in [0, 0.05) is 6.20 Å². The van der Waals surface area contributed by atoms with Crippen LogP contribution in [0.1, 0.15) is 52.9 Å². The van der Waals surface area contributed by atoms with E-state index in [9.17, 15) is 18.0 Å². The number of nitrogens with zero attached hydrogens (tertiary/aromatic N) is 3. The Balaban J connectivity index is 2.05. The van der Waals surface area contributed by atoms with Crippen molar-refractivity contribution in [1.82, 2.24) is 15.0 Å². The SMILES string of the molecule is CCC[C@@H](Nc1ncnc2c(C(N)=O)ccnc12)c1ccc(C)c(C(F)(F)F)c1. The molecule has 3 aromatic rings. The summed E-state index contributed by atoms with van der Waals surface area (Å²) in [6, 6.07) is 5.32. The molecule has 1 amide bonds. The van der Waals surface area contributed by atoms with Crippen molar-refractivity contribution in [2.75, 3.05) is 5.32 Å². The van der Waals surface area contributed by atoms with Crippen LogP contribution in [-0.4, -0.2) is 20.9 Å². The number of aromatic nitrogens is 3. The molecule has 0 spiro atoms. The van der Waals surface area contributed by atoms with E-state index < -0.39 is 23.7 Å². The molecule has 6 nitrogen and oxygen atoms in total. The van der Waals surface area contributed by atoms with Crippen molar-refractivity contribution in [1.29, 1.82) is 0 Å². The minimum atomic E-state index is -4.43. The van der Waals surface area contributed by atoms with Crippen LogP contribution in [0.3, 0.4) is 0 Å². The van der Waals surface area contributed by atoms with Gasteiger partial charge in [-0.25, -0.2) is 9.97 Å². The van der Waals surface area contributed by atoms with Gasteiger partial charge in [0.2, 0.25) is 0 Å². The number of anilines is 1. The highest BCUT2D eigenvalue weighted by Crippen LogP contribution is 2.35. The third kappa shape index (κ3) is 4.28. The standard InChI is InChI=1S/C20H20F3N5O/c1-3-4-15(12-6-5-11(2)14(9-12)20(21,22)23)28-19-17-16(26-10-27-19)13(18(24)29)7-8-25-17/h5-10,15H,3-4H2,1-2H3,(H2,24,29)(H,26,27,28)/t15-/m1/s1. The highest BCUT2D eigenvalue weighted by Gasteiger charge is 2.33. The molecule has 0 aliphatic carbocycles. The molecule has 152 valence electrons. The summed E-state index contributed by atoms with van der Waals surface area (Å²) in [6.45, 7) is 3.37. The third-order valence-electron chi connectivity index (χ3n) is 4.65. The predicted octanol–water partition coefficient (Wildman–Crippen LogP) is 4.40. The third-order valence-corrected chi connectivity index (χ3v) is 4.65. The quantitative estimate of drug-likeness (QED) is 0.636. The Morgan fingerprint density at radius 2 is 1.93 bits per heavy atom. The Morgan fingerprint density at radius 1 is 1.17 bits per heavy atom. The van der Waals surface area contributed by atoms with E-state index >= 15 is 0 Å². The maximum Gasteiger partial charge on any atom is 0.416 e. The number of alkyl halides is 3. The molecule has 0 bridgehead atoms. The second-order valence-corrected chi connectivity index (χ2v) is 6.70. The summed E-state index contributed by atoms with van der Waals surface area (Å²) in [7, 11) is 0. The van der Waals surface area contributed by atoms with E-state index in [1.165, 1.54) is 31.6 Å². The molecular weight excluding hydrogens is 383 g/mol. The Labute approximate surface area is 165 Å². The summed E-state index contributed by atoms with van der Waals surface area (Å²) in [5.41, 5.74) is 6.18. The highest BCUT2D eigenvalue weighted by molar-refractivity contribution is 6.05. The maximum atomic E-state index is 13.3. The first kappa shape index (κ1) is 20.5. The molecule has 2 aromatic heterocycles. The zero-order chi connectivity index (χ0) is 21.2. The van der Waals surface area contributed by atoms with Crippen molar-refractivity contribution in [3.63, 3.8) is 0 Å². The van der Waals surface area contributed by atoms with Gasteiger partial charge >= 0.3 is 6.18 Å². The lowest BCUT2D eigenvalue weighted by Crippen LogP contribution is -2.16. The Kier molecular flexibility index (Phi) is 5.67. The number of hydrogen-bond donors (Lipinski definition) is 2. The molecule has 0 saturated carbocycles. The molecule has 0 radical (unpaired) electrons. The van der Waals surface area contributed by atoms with Crippen molar-refractivity contribution in [2.45, 2.75) is 38.9 Å². The molecule has 0 saturated heterocycles. The number of amides is 1. The van der Waals surface area contributed by atoms with Crippen molar-refractivity contribution < 1.29 is 18.0 Å². The normalized spacial score (nSPS) is 12.7. The molecule has 1 aromatic carbocycles. The summed E-state index contributed by atoms with van der Waals surface area (Å²) in [6.07, 6.45) is -0.453. The lowest BCUT2D eigenvalue weighted by Gasteiger charge is -2.22. The van der Waals surface area contributed by atoms with Gasteiger partial charge in [-0.05, 0) is 36.6 Å². The zero-order valence-corrected chi connectivity index (χ0v) is 15.9. The minimum absolute atomic E-state index is 0.164. The molecular formula is C20H20F3N5O. The van der Waals surface area contributed by atoms with Gasteiger partial charge in [0.1, 0.15) is 17.4 Å². The molecule has 29 heavy (non-hydrogen) atoms. The topological polar surface area (TPSA) is 93.8 Å². The number of fused-ring (bicyclic) bond motifs is 1. The van der Waals surface area contributed by atoms with Gasteiger partial charge in [-0.3, -0.25) is 9.78 Å². The average molecular weight is 403 g/mol. The summed E-state index contributed by atoms with van der Waals surface area (Å²) in [4.78, 5) is 24.1. The molecule has 9 heteroatoms. The van der Waals surface area contributed by atoms with Crippen LogP contribution in [-0.2, 0) is 6.18 Å². The molecule has 0 fully saturated rings. The van der Waals surface area contributed by atoms with Crippen LogP contribution in [0.15, 0.2) is 36.8 Å². The van der Waals surface area contributed by atoms with Crippen LogP contribution in [0.5, 0.6) is 0 Å². The van der Waals surface area contributed by atoms with E-state index in [1.54, 1.807) is 6.07 Å². The summed E-state index contributed by atoms with van der Waals surface area (Å²) < 4.78 is 40.0. The van der Waals surface area contributed by atoms with Crippen molar-refractivity contribution >= 4 is 22.8 Å². The summed E-state index contributed by atoms with van der Waals surface area (Å²) in [5, 5.41) is 3.17. The number of primary amides is 1. The molecule has 0 aliphatic rings. The monoisotopic (exact) mass is 403 g/mol. The van der Waals surface area contributed by atoms with Gasteiger partial charge in [-0.15, -0.1) is 0 Å². The first-order valence-electron chi connectivity index (χ1n) is 9.06. The van der Waals surface area contributed by atoms with Gasteiger partial charge < -0.3 is 11.1 Å². The number of nitrogens with two attached hydrogens (primary N) is 1. The van der Waals surface area contributed by atoms with Crippen molar-refractivity contribution in [2.24, 2.45) is 5.73 Å². The fourth-order valence-electron chi connectivity index (χ4n) is 3.21. The zero-order valence-electron chi connectivity index (χ0n) is 15.9. The first-order chi connectivity index (χ1) is 13.7. The van der Waals surface area contributed by atoms with E-state index in [-0.39, 0.29) is 16.6 Å². The number of pyridine rings is 1. The van der Waals surface area contributed by atoms with Gasteiger partial charge in [-0.1, -0.05) is 25.5 Å². The van der Waals surface area contributed by atoms with E-state index in [2.05, 4.69) is 20.3 Å². The van der Waals surface area contributed by atoms with Gasteiger partial charge in [0.15, 0.2) is 5.82 Å². The lowest BCUT2D eigenvalue weighted by atomic mass is 9.97. The van der Waals surface area contributed by atoms with E-state index in [1.807, 2.05) is 6.92 Å². The molecule has 3 rings (SSSR count). The largest absolute Gasteiger partial charge is 0.416 e. The highest BCUT2D eigenvalue weighted by atomic mass is 19.4. The van der Waals surface area contributed by atoms with Gasteiger partial charge in [0.05, 0.1) is 17.2 Å². The van der Waals surface area contributed by atoms with E-state index in [0.29, 0.717) is 23.3 Å². The number of rotatable bonds is 6. The van der Waals surface area contributed by atoms with Crippen LogP contribution in [0.25, 0.3) is 11.0 Å². The van der Waals surface area contributed by atoms with Crippen LogP contribution in [0, 0.1) is 6.92 Å². The molecule has 0 aliphatic heterocycles. The predicted molar refractivity (Wildman–Crippen MR) is 103 cm³/mol.